The van der Waals surface area contributed by atoms with Crippen LogP contribution in [-0.2, 0) is 17.0 Å². The van der Waals surface area contributed by atoms with E-state index >= 15 is 0 Å². The van der Waals surface area contributed by atoms with Crippen molar-refractivity contribution in [2.45, 2.75) is 50.7 Å². The summed E-state index contributed by atoms with van der Waals surface area (Å²) < 4.78 is 0. The van der Waals surface area contributed by atoms with E-state index in [1.807, 2.05) is 39.0 Å². The maximum atomic E-state index is 12.7. The number of carbonyl (C=O) groups is 1. The second-order valence-corrected chi connectivity index (χ2v) is 10.3. The van der Waals surface area contributed by atoms with Gasteiger partial charge in [-0.25, -0.2) is 4.98 Å². The van der Waals surface area contributed by atoms with Crippen molar-refractivity contribution >= 4 is 50.8 Å². The van der Waals surface area contributed by atoms with Gasteiger partial charge in [0.05, 0.1) is 22.4 Å². The number of amides is 1. The van der Waals surface area contributed by atoms with Gasteiger partial charge in [-0.3, -0.25) is 9.59 Å². The number of hydrogen-bond donors (Lipinski definition) is 2. The Labute approximate surface area is 182 Å². The third-order valence-corrected chi connectivity index (χ3v) is 7.92. The molecule has 0 bridgehead atoms. The van der Waals surface area contributed by atoms with Gasteiger partial charge in [0.15, 0.2) is 0 Å². The number of rotatable bonds is 5. The number of nitrogens with one attached hydrogen (secondary N) is 2. The molecule has 152 valence electrons. The molecule has 0 aliphatic heterocycles. The molecule has 1 aliphatic rings. The first-order valence-corrected chi connectivity index (χ1v) is 11.8. The maximum absolute atomic E-state index is 12.7. The Morgan fingerprint density at radius 1 is 1.45 bits per heavy atom. The predicted molar refractivity (Wildman–Crippen MR) is 121 cm³/mol. The van der Waals surface area contributed by atoms with Crippen LogP contribution >= 0.6 is 34.7 Å². The summed E-state index contributed by atoms with van der Waals surface area (Å²) in [7, 11) is 0. The molecule has 2 atom stereocenters. The fourth-order valence-electron chi connectivity index (χ4n) is 3.67. The van der Waals surface area contributed by atoms with E-state index < -0.39 is 0 Å². The number of H-pyrrole nitrogens is 1. The zero-order chi connectivity index (χ0) is 20.7. The van der Waals surface area contributed by atoms with E-state index in [-0.39, 0.29) is 22.8 Å². The van der Waals surface area contributed by atoms with Crippen molar-refractivity contribution in [1.29, 1.82) is 0 Å². The molecule has 0 saturated carbocycles. The minimum Gasteiger partial charge on any atom is -0.348 e. The summed E-state index contributed by atoms with van der Waals surface area (Å²) in [5.41, 5.74) is 3.24. The van der Waals surface area contributed by atoms with Gasteiger partial charge in [-0.15, -0.1) is 23.1 Å². The lowest BCUT2D eigenvalue weighted by molar-refractivity contribution is -0.121. The Bertz CT molecular complexity index is 1150. The largest absolute Gasteiger partial charge is 0.348 e. The Morgan fingerprint density at radius 3 is 3.03 bits per heavy atom. The quantitative estimate of drug-likeness (QED) is 0.595. The van der Waals surface area contributed by atoms with Crippen LogP contribution in [0.15, 0.2) is 23.0 Å². The van der Waals surface area contributed by atoms with Crippen molar-refractivity contribution in [2.75, 3.05) is 0 Å². The highest BCUT2D eigenvalue weighted by atomic mass is 35.5. The Balaban J connectivity index is 1.40. The molecule has 29 heavy (non-hydrogen) atoms. The highest BCUT2D eigenvalue weighted by Crippen LogP contribution is 2.33. The standard InChI is InChI=1S/C21H22ClN3O2S2/c1-10-11(2)29-21-18(10)20(27)24-17(25-21)9-28-12(3)19(26)23-16-7-4-13-8-14(22)5-6-15(13)16/h5-6,8,12,16H,4,7,9H2,1-3H3,(H,23,26)(H,24,25,27). The molecule has 5 nitrogen and oxygen atoms in total. The summed E-state index contributed by atoms with van der Waals surface area (Å²) in [5.74, 6) is 1.08. The number of halogens is 1. The number of carbonyl (C=O) groups excluding carboxylic acids is 1. The topological polar surface area (TPSA) is 74.8 Å². The van der Waals surface area contributed by atoms with E-state index in [4.69, 9.17) is 11.6 Å². The number of thiophene rings is 1. The minimum atomic E-state index is -0.251. The van der Waals surface area contributed by atoms with Gasteiger partial charge in [-0.2, -0.15) is 0 Å². The van der Waals surface area contributed by atoms with E-state index in [1.165, 1.54) is 28.7 Å². The molecule has 1 aliphatic carbocycles. The summed E-state index contributed by atoms with van der Waals surface area (Å²) in [6, 6.07) is 5.88. The van der Waals surface area contributed by atoms with Gasteiger partial charge in [0.1, 0.15) is 10.7 Å². The van der Waals surface area contributed by atoms with Crippen LogP contribution in [0, 0.1) is 13.8 Å². The van der Waals surface area contributed by atoms with Crippen LogP contribution in [0.4, 0.5) is 0 Å². The zero-order valence-corrected chi connectivity index (χ0v) is 18.9. The monoisotopic (exact) mass is 447 g/mol. The number of aromatic nitrogens is 2. The van der Waals surface area contributed by atoms with Gasteiger partial charge in [0.2, 0.25) is 5.91 Å². The first-order chi connectivity index (χ1) is 13.8. The van der Waals surface area contributed by atoms with Crippen molar-refractivity contribution < 1.29 is 4.79 Å². The highest BCUT2D eigenvalue weighted by molar-refractivity contribution is 7.99. The second kappa shape index (κ2) is 8.13. The minimum absolute atomic E-state index is 0.00552. The Hall–Kier alpha value is -1.83. The molecule has 4 rings (SSSR count). The summed E-state index contributed by atoms with van der Waals surface area (Å²) >= 11 is 9.07. The van der Waals surface area contributed by atoms with Crippen LogP contribution in [0.1, 0.15) is 46.8 Å². The number of aromatic amines is 1. The molecular formula is C21H22ClN3O2S2. The van der Waals surface area contributed by atoms with E-state index in [0.717, 1.165) is 38.7 Å². The molecule has 0 fully saturated rings. The van der Waals surface area contributed by atoms with Gasteiger partial charge in [-0.1, -0.05) is 17.7 Å². The average Bonchev–Trinajstić information content (AvgIpc) is 3.20. The first-order valence-electron chi connectivity index (χ1n) is 9.52. The van der Waals surface area contributed by atoms with E-state index in [9.17, 15) is 9.59 Å². The summed E-state index contributed by atoms with van der Waals surface area (Å²) in [5, 5.41) is 4.30. The zero-order valence-electron chi connectivity index (χ0n) is 16.5. The van der Waals surface area contributed by atoms with Crippen molar-refractivity contribution in [2.24, 2.45) is 0 Å². The molecule has 2 aromatic heterocycles. The lowest BCUT2D eigenvalue weighted by Crippen LogP contribution is -2.33. The smallest absolute Gasteiger partial charge is 0.259 e. The molecule has 8 heteroatoms. The fraction of sp³-hybridized carbons (Fsp3) is 0.381. The normalized spacial score (nSPS) is 16.8. The van der Waals surface area contributed by atoms with Gasteiger partial charge < -0.3 is 10.3 Å². The number of nitrogens with zero attached hydrogens (tertiary/aromatic N) is 1. The number of thioether (sulfide) groups is 1. The van der Waals surface area contributed by atoms with Crippen LogP contribution in [0.3, 0.4) is 0 Å². The molecule has 2 unspecified atom stereocenters. The molecule has 2 heterocycles. The van der Waals surface area contributed by atoms with Gasteiger partial charge in [0, 0.05) is 9.90 Å². The second-order valence-electron chi connectivity index (χ2n) is 7.37. The predicted octanol–water partition coefficient (Wildman–Crippen LogP) is 4.68. The Kier molecular flexibility index (Phi) is 5.73. The van der Waals surface area contributed by atoms with Crippen molar-refractivity contribution in [1.82, 2.24) is 15.3 Å². The first kappa shape index (κ1) is 20.4. The molecule has 1 amide bonds. The van der Waals surface area contributed by atoms with Crippen molar-refractivity contribution in [3.05, 3.63) is 61.0 Å². The summed E-state index contributed by atoms with van der Waals surface area (Å²) in [6.45, 7) is 5.83. The van der Waals surface area contributed by atoms with Gasteiger partial charge >= 0.3 is 0 Å². The molecular weight excluding hydrogens is 426 g/mol. The Morgan fingerprint density at radius 2 is 2.24 bits per heavy atom. The lowest BCUT2D eigenvalue weighted by atomic mass is 10.1. The number of fused-ring (bicyclic) bond motifs is 2. The van der Waals surface area contributed by atoms with E-state index in [0.29, 0.717) is 17.0 Å². The average molecular weight is 448 g/mol. The number of benzene rings is 1. The molecule has 0 spiro atoms. The van der Waals surface area contributed by atoms with E-state index in [1.54, 1.807) is 0 Å². The fourth-order valence-corrected chi connectivity index (χ4v) is 5.68. The van der Waals surface area contributed by atoms with Crippen LogP contribution in [0.5, 0.6) is 0 Å². The van der Waals surface area contributed by atoms with E-state index in [2.05, 4.69) is 15.3 Å². The number of aryl methyl sites for hydroxylation is 3. The van der Waals surface area contributed by atoms with Crippen LogP contribution in [-0.4, -0.2) is 21.1 Å². The van der Waals surface area contributed by atoms with Crippen molar-refractivity contribution in [3.63, 3.8) is 0 Å². The molecule has 0 radical (unpaired) electrons. The highest BCUT2D eigenvalue weighted by Gasteiger charge is 2.26. The van der Waals surface area contributed by atoms with Crippen molar-refractivity contribution in [3.8, 4) is 0 Å². The summed E-state index contributed by atoms with van der Waals surface area (Å²) in [4.78, 5) is 34.4. The SMILES string of the molecule is Cc1sc2nc(CSC(C)C(=O)NC3CCc4cc(Cl)ccc43)[nH]c(=O)c2c1C. The van der Waals surface area contributed by atoms with Gasteiger partial charge in [0.25, 0.3) is 5.56 Å². The third kappa shape index (κ3) is 4.09. The molecule has 0 saturated heterocycles. The summed E-state index contributed by atoms with van der Waals surface area (Å²) in [6.07, 6.45) is 1.81. The lowest BCUT2D eigenvalue weighted by Gasteiger charge is -2.17. The third-order valence-electron chi connectivity index (χ3n) is 5.43. The molecule has 2 N–H and O–H groups in total. The molecule has 1 aromatic carbocycles. The van der Waals surface area contributed by atoms with Crippen LogP contribution in [0.2, 0.25) is 5.02 Å². The van der Waals surface area contributed by atoms with Crippen LogP contribution in [0.25, 0.3) is 10.2 Å². The van der Waals surface area contributed by atoms with Crippen LogP contribution < -0.4 is 10.9 Å². The number of hydrogen-bond acceptors (Lipinski definition) is 5. The van der Waals surface area contributed by atoms with Gasteiger partial charge in [-0.05, 0) is 62.4 Å². The maximum Gasteiger partial charge on any atom is 0.259 e. The molecule has 3 aromatic rings.